The van der Waals surface area contributed by atoms with Crippen LogP contribution in [-0.4, -0.2) is 30.1 Å². The summed E-state index contributed by atoms with van der Waals surface area (Å²) in [7, 11) is 0. The number of nitrogens with one attached hydrogen (secondary N) is 2. The topological polar surface area (TPSA) is 78.4 Å². The normalized spacial score (nSPS) is 15.0. The molecule has 2 rings (SSSR count). The van der Waals surface area contributed by atoms with Gasteiger partial charge in [0.25, 0.3) is 0 Å². The molecule has 0 unspecified atom stereocenters. The standard InChI is InChI=1S/C11H10Cl2N2O3/c12-7-1-5(11(17)18)2-8(13)9(7)15-10(16)6-3-14-4-6/h1-2,6,14H,3-4H2,(H,15,16)(H,17,18). The Labute approximate surface area is 113 Å². The van der Waals surface area contributed by atoms with Crippen LogP contribution >= 0.6 is 23.2 Å². The van der Waals surface area contributed by atoms with Crippen LogP contribution in [0.4, 0.5) is 5.69 Å². The summed E-state index contributed by atoms with van der Waals surface area (Å²) >= 11 is 11.8. The zero-order chi connectivity index (χ0) is 13.3. The molecule has 0 spiro atoms. The van der Waals surface area contributed by atoms with E-state index >= 15 is 0 Å². The SMILES string of the molecule is O=C(O)c1cc(Cl)c(NC(=O)C2CNC2)c(Cl)c1. The second-order valence-corrected chi connectivity index (χ2v) is 4.78. The van der Waals surface area contributed by atoms with E-state index in [2.05, 4.69) is 10.6 Å². The number of anilines is 1. The number of rotatable bonds is 3. The lowest BCUT2D eigenvalue weighted by molar-refractivity contribution is -0.121. The maximum Gasteiger partial charge on any atom is 0.335 e. The Morgan fingerprint density at radius 1 is 1.28 bits per heavy atom. The van der Waals surface area contributed by atoms with Gasteiger partial charge < -0.3 is 15.7 Å². The summed E-state index contributed by atoms with van der Waals surface area (Å²) in [5.74, 6) is -1.41. The lowest BCUT2D eigenvalue weighted by atomic mass is 10.0. The molecule has 1 aliphatic rings. The Kier molecular flexibility index (Phi) is 3.75. The lowest BCUT2D eigenvalue weighted by Gasteiger charge is -2.26. The fraction of sp³-hybridized carbons (Fsp3) is 0.273. The van der Waals surface area contributed by atoms with Crippen LogP contribution in [-0.2, 0) is 4.79 Å². The van der Waals surface area contributed by atoms with E-state index in [1.807, 2.05) is 0 Å². The summed E-state index contributed by atoms with van der Waals surface area (Å²) in [5.41, 5.74) is 0.230. The summed E-state index contributed by atoms with van der Waals surface area (Å²) < 4.78 is 0. The monoisotopic (exact) mass is 288 g/mol. The van der Waals surface area contributed by atoms with Gasteiger partial charge in [-0.25, -0.2) is 4.79 Å². The van der Waals surface area contributed by atoms with Crippen molar-refractivity contribution in [1.29, 1.82) is 0 Å². The highest BCUT2D eigenvalue weighted by Crippen LogP contribution is 2.32. The Morgan fingerprint density at radius 3 is 2.22 bits per heavy atom. The first kappa shape index (κ1) is 13.1. The first-order valence-corrected chi connectivity index (χ1v) is 5.98. The molecule has 0 aromatic heterocycles. The van der Waals surface area contributed by atoms with E-state index in [0.717, 1.165) is 0 Å². The van der Waals surface area contributed by atoms with E-state index in [4.69, 9.17) is 28.3 Å². The third-order valence-corrected chi connectivity index (χ3v) is 3.29. The van der Waals surface area contributed by atoms with Crippen molar-refractivity contribution in [2.24, 2.45) is 5.92 Å². The summed E-state index contributed by atoms with van der Waals surface area (Å²) in [6.45, 7) is 1.24. The Balaban J connectivity index is 2.22. The predicted molar refractivity (Wildman–Crippen MR) is 68.4 cm³/mol. The summed E-state index contributed by atoms with van der Waals surface area (Å²) in [5, 5.41) is 14.6. The fourth-order valence-corrected chi connectivity index (χ4v) is 2.10. The number of carboxylic acid groups (broad SMARTS) is 1. The molecule has 1 fully saturated rings. The van der Waals surface area contributed by atoms with Crippen LogP contribution in [0.15, 0.2) is 12.1 Å². The minimum absolute atomic E-state index is 0.0201. The van der Waals surface area contributed by atoms with Crippen molar-refractivity contribution in [3.05, 3.63) is 27.7 Å². The van der Waals surface area contributed by atoms with Crippen molar-refractivity contribution < 1.29 is 14.7 Å². The molecule has 1 heterocycles. The molecule has 1 aromatic carbocycles. The van der Waals surface area contributed by atoms with Crippen LogP contribution < -0.4 is 10.6 Å². The van der Waals surface area contributed by atoms with E-state index in [0.29, 0.717) is 13.1 Å². The van der Waals surface area contributed by atoms with E-state index in [-0.39, 0.29) is 33.1 Å². The Hall–Kier alpha value is -1.30. The summed E-state index contributed by atoms with van der Waals surface area (Å²) in [6, 6.07) is 2.51. The quantitative estimate of drug-likeness (QED) is 0.793. The van der Waals surface area contributed by atoms with Crippen molar-refractivity contribution in [2.45, 2.75) is 0 Å². The lowest BCUT2D eigenvalue weighted by Crippen LogP contribution is -2.48. The zero-order valence-electron chi connectivity index (χ0n) is 9.17. The average molecular weight is 289 g/mol. The maximum absolute atomic E-state index is 11.7. The molecule has 0 saturated carbocycles. The highest BCUT2D eigenvalue weighted by Gasteiger charge is 2.26. The van der Waals surface area contributed by atoms with E-state index in [1.165, 1.54) is 12.1 Å². The second-order valence-electron chi connectivity index (χ2n) is 3.96. The number of hydrogen-bond donors (Lipinski definition) is 3. The molecule has 1 saturated heterocycles. The molecule has 1 amide bonds. The summed E-state index contributed by atoms with van der Waals surface area (Å²) in [6.07, 6.45) is 0. The van der Waals surface area contributed by atoms with Crippen molar-refractivity contribution in [3.8, 4) is 0 Å². The van der Waals surface area contributed by atoms with Gasteiger partial charge in [-0.3, -0.25) is 4.79 Å². The molecular formula is C11H10Cl2N2O3. The number of aromatic carboxylic acids is 1. The number of carbonyl (C=O) groups excluding carboxylic acids is 1. The molecule has 0 aliphatic carbocycles. The van der Waals surface area contributed by atoms with Crippen LogP contribution in [0, 0.1) is 5.92 Å². The zero-order valence-corrected chi connectivity index (χ0v) is 10.7. The minimum Gasteiger partial charge on any atom is -0.478 e. The highest BCUT2D eigenvalue weighted by molar-refractivity contribution is 6.40. The smallest absolute Gasteiger partial charge is 0.335 e. The van der Waals surface area contributed by atoms with Gasteiger partial charge in [-0.05, 0) is 12.1 Å². The third kappa shape index (κ3) is 2.58. The molecule has 0 bridgehead atoms. The van der Waals surface area contributed by atoms with Crippen LogP contribution in [0.1, 0.15) is 10.4 Å². The molecule has 7 heteroatoms. The van der Waals surface area contributed by atoms with Crippen molar-refractivity contribution in [3.63, 3.8) is 0 Å². The highest BCUT2D eigenvalue weighted by atomic mass is 35.5. The molecular weight excluding hydrogens is 279 g/mol. The number of halogens is 2. The van der Waals surface area contributed by atoms with E-state index < -0.39 is 5.97 Å². The van der Waals surface area contributed by atoms with Gasteiger partial charge in [0.05, 0.1) is 27.2 Å². The van der Waals surface area contributed by atoms with Gasteiger partial charge in [0.2, 0.25) is 5.91 Å². The summed E-state index contributed by atoms with van der Waals surface area (Å²) in [4.78, 5) is 22.5. The van der Waals surface area contributed by atoms with Crippen LogP contribution in [0.25, 0.3) is 0 Å². The van der Waals surface area contributed by atoms with Gasteiger partial charge in [-0.1, -0.05) is 23.2 Å². The number of benzene rings is 1. The van der Waals surface area contributed by atoms with Crippen molar-refractivity contribution >= 4 is 40.8 Å². The maximum atomic E-state index is 11.7. The van der Waals surface area contributed by atoms with Gasteiger partial charge >= 0.3 is 5.97 Å². The largest absolute Gasteiger partial charge is 0.478 e. The van der Waals surface area contributed by atoms with Crippen LogP contribution in [0.2, 0.25) is 10.0 Å². The van der Waals surface area contributed by atoms with Gasteiger partial charge in [0.15, 0.2) is 0 Å². The molecule has 3 N–H and O–H groups in total. The van der Waals surface area contributed by atoms with E-state index in [9.17, 15) is 9.59 Å². The number of carboxylic acids is 1. The Bertz CT molecular complexity index is 492. The van der Waals surface area contributed by atoms with Crippen molar-refractivity contribution in [2.75, 3.05) is 18.4 Å². The van der Waals surface area contributed by atoms with Crippen LogP contribution in [0.5, 0.6) is 0 Å². The van der Waals surface area contributed by atoms with Gasteiger partial charge in [-0.15, -0.1) is 0 Å². The molecule has 0 radical (unpaired) electrons. The molecule has 0 atom stereocenters. The second kappa shape index (κ2) is 5.14. The molecule has 1 aliphatic heterocycles. The van der Waals surface area contributed by atoms with Crippen LogP contribution in [0.3, 0.4) is 0 Å². The van der Waals surface area contributed by atoms with Gasteiger partial charge in [0.1, 0.15) is 0 Å². The number of hydrogen-bond acceptors (Lipinski definition) is 3. The first-order valence-electron chi connectivity index (χ1n) is 5.23. The number of amides is 1. The predicted octanol–water partition coefficient (Wildman–Crippen LogP) is 1.85. The molecule has 1 aromatic rings. The van der Waals surface area contributed by atoms with Gasteiger partial charge in [0, 0.05) is 13.1 Å². The fourth-order valence-electron chi connectivity index (χ4n) is 1.52. The first-order chi connectivity index (χ1) is 8.49. The minimum atomic E-state index is -1.13. The number of carbonyl (C=O) groups is 2. The Morgan fingerprint density at radius 2 is 1.83 bits per heavy atom. The average Bonchev–Trinajstić information content (AvgIpc) is 2.20. The molecule has 5 nitrogen and oxygen atoms in total. The van der Waals surface area contributed by atoms with Crippen molar-refractivity contribution in [1.82, 2.24) is 5.32 Å². The van der Waals surface area contributed by atoms with Gasteiger partial charge in [-0.2, -0.15) is 0 Å². The molecule has 96 valence electrons. The molecule has 18 heavy (non-hydrogen) atoms. The van der Waals surface area contributed by atoms with E-state index in [1.54, 1.807) is 0 Å². The third-order valence-electron chi connectivity index (χ3n) is 2.69.